The summed E-state index contributed by atoms with van der Waals surface area (Å²) in [6.07, 6.45) is 5.37. The molecule has 2 unspecified atom stereocenters. The molecular formula is C43H31N3O. The molecule has 0 spiro atoms. The lowest BCUT2D eigenvalue weighted by atomic mass is 9.82. The lowest BCUT2D eigenvalue weighted by Crippen LogP contribution is -2.10. The van der Waals surface area contributed by atoms with Crippen molar-refractivity contribution in [3.63, 3.8) is 0 Å². The molecule has 224 valence electrons. The van der Waals surface area contributed by atoms with E-state index in [0.29, 0.717) is 0 Å². The van der Waals surface area contributed by atoms with Crippen molar-refractivity contribution in [2.45, 2.75) is 18.6 Å². The Bertz CT molecular complexity index is 2220. The summed E-state index contributed by atoms with van der Waals surface area (Å²) >= 11 is 0. The first-order valence-electron chi connectivity index (χ1n) is 16.1. The van der Waals surface area contributed by atoms with E-state index in [1.165, 1.54) is 27.5 Å². The second kappa shape index (κ2) is 11.4. The average molecular weight is 606 g/mol. The van der Waals surface area contributed by atoms with Crippen LogP contribution in [-0.2, 0) is 6.42 Å². The highest BCUT2D eigenvalue weighted by atomic mass is 16.5. The normalized spacial score (nSPS) is 16.3. The Labute approximate surface area is 274 Å². The van der Waals surface area contributed by atoms with Gasteiger partial charge in [-0.15, -0.1) is 0 Å². The van der Waals surface area contributed by atoms with Crippen molar-refractivity contribution in [3.8, 4) is 39.7 Å². The summed E-state index contributed by atoms with van der Waals surface area (Å²) in [4.78, 5) is 10.1. The molecule has 2 aliphatic rings. The first-order chi connectivity index (χ1) is 23.3. The summed E-state index contributed by atoms with van der Waals surface area (Å²) < 4.78 is 6.36. The van der Waals surface area contributed by atoms with Crippen molar-refractivity contribution in [1.82, 2.24) is 9.97 Å². The van der Waals surface area contributed by atoms with Crippen molar-refractivity contribution in [2.24, 2.45) is 0 Å². The minimum Gasteiger partial charge on any atom is -0.464 e. The zero-order chi connectivity index (χ0) is 31.2. The van der Waals surface area contributed by atoms with Crippen LogP contribution in [0.5, 0.6) is 5.75 Å². The summed E-state index contributed by atoms with van der Waals surface area (Å²) in [6, 6.07) is 50.6. The molecule has 6 aromatic carbocycles. The highest BCUT2D eigenvalue weighted by Crippen LogP contribution is 2.46. The molecule has 0 bridgehead atoms. The number of allylic oxidation sites excluding steroid dienone is 1. The maximum absolute atomic E-state index is 6.36. The van der Waals surface area contributed by atoms with E-state index in [-0.39, 0.29) is 12.1 Å². The van der Waals surface area contributed by atoms with Gasteiger partial charge in [-0.05, 0) is 46.7 Å². The minimum absolute atomic E-state index is 0.194. The predicted octanol–water partition coefficient (Wildman–Crippen LogP) is 10.5. The Morgan fingerprint density at radius 3 is 1.96 bits per heavy atom. The average Bonchev–Trinajstić information content (AvgIpc) is 3.60. The van der Waals surface area contributed by atoms with Crippen LogP contribution in [0.3, 0.4) is 0 Å². The molecule has 0 saturated heterocycles. The number of ether oxygens (including phenoxy) is 1. The van der Waals surface area contributed by atoms with Gasteiger partial charge in [0.25, 0.3) is 0 Å². The van der Waals surface area contributed by atoms with Crippen LogP contribution in [0.15, 0.2) is 152 Å². The number of hydrogen-bond donors (Lipinski definition) is 1. The van der Waals surface area contributed by atoms with Crippen LogP contribution in [0.1, 0.15) is 34.4 Å². The Morgan fingerprint density at radius 1 is 0.596 bits per heavy atom. The van der Waals surface area contributed by atoms with Gasteiger partial charge in [-0.25, -0.2) is 9.97 Å². The maximum Gasteiger partial charge on any atom is 0.196 e. The van der Waals surface area contributed by atoms with E-state index in [9.17, 15) is 0 Å². The Balaban J connectivity index is 1.07. The SMILES string of the molecule is C1=CC(c2cccc(-c3nc(-c4ccccc4)cc(-c4ccccc4)n3)c2)Cc2ccc3ccc4c(c3c21)NC(c1ccccc1)O4. The topological polar surface area (TPSA) is 47.0 Å². The summed E-state index contributed by atoms with van der Waals surface area (Å²) in [5.41, 5.74) is 11.0. The van der Waals surface area contributed by atoms with Crippen LogP contribution in [-0.4, -0.2) is 9.97 Å². The molecule has 9 rings (SSSR count). The standard InChI is InChI=1S/C43H31N3O/c1-4-11-28(12-5-1)37-27-38(29-13-6-2-7-14-29)45-42(44-37)35-18-10-17-32(26-35)33-21-23-36-34(25-33)20-19-30-22-24-39-41(40(30)36)46-43(47-39)31-15-8-3-9-16-31/h1-24,26-27,33,43,46H,25H2. The molecule has 0 saturated carbocycles. The molecule has 1 N–H and O–H groups in total. The minimum atomic E-state index is -0.194. The monoisotopic (exact) mass is 605 g/mol. The molecule has 1 aromatic heterocycles. The number of nitrogens with one attached hydrogen (secondary N) is 1. The van der Waals surface area contributed by atoms with Crippen LogP contribution in [0.25, 0.3) is 50.8 Å². The van der Waals surface area contributed by atoms with E-state index >= 15 is 0 Å². The number of anilines is 1. The third-order valence-electron chi connectivity index (χ3n) is 9.27. The number of hydrogen-bond acceptors (Lipinski definition) is 4. The zero-order valence-electron chi connectivity index (χ0n) is 25.7. The van der Waals surface area contributed by atoms with Gasteiger partial charge in [-0.3, -0.25) is 0 Å². The molecule has 2 heterocycles. The smallest absolute Gasteiger partial charge is 0.196 e. The molecule has 4 heteroatoms. The summed E-state index contributed by atoms with van der Waals surface area (Å²) in [7, 11) is 0. The van der Waals surface area contributed by atoms with E-state index in [2.05, 4.69) is 145 Å². The van der Waals surface area contributed by atoms with Gasteiger partial charge in [0.1, 0.15) is 5.75 Å². The number of rotatable bonds is 5. The predicted molar refractivity (Wildman–Crippen MR) is 191 cm³/mol. The largest absolute Gasteiger partial charge is 0.464 e. The van der Waals surface area contributed by atoms with Crippen molar-refractivity contribution >= 4 is 22.5 Å². The molecule has 1 aliphatic carbocycles. The number of aromatic nitrogens is 2. The van der Waals surface area contributed by atoms with Gasteiger partial charge < -0.3 is 10.1 Å². The third kappa shape index (κ3) is 5.04. The second-order valence-electron chi connectivity index (χ2n) is 12.2. The molecule has 1 aliphatic heterocycles. The molecular weight excluding hydrogens is 574 g/mol. The summed E-state index contributed by atoms with van der Waals surface area (Å²) in [5, 5.41) is 6.11. The van der Waals surface area contributed by atoms with Crippen LogP contribution in [0.4, 0.5) is 5.69 Å². The van der Waals surface area contributed by atoms with E-state index in [1.807, 2.05) is 18.2 Å². The van der Waals surface area contributed by atoms with Crippen molar-refractivity contribution < 1.29 is 4.74 Å². The number of nitrogens with zero attached hydrogens (tertiary/aromatic N) is 2. The van der Waals surface area contributed by atoms with Crippen LogP contribution < -0.4 is 10.1 Å². The van der Waals surface area contributed by atoms with Gasteiger partial charge in [-0.1, -0.05) is 140 Å². The lowest BCUT2D eigenvalue weighted by Gasteiger charge is -2.22. The first-order valence-corrected chi connectivity index (χ1v) is 16.1. The van der Waals surface area contributed by atoms with Crippen LogP contribution >= 0.6 is 0 Å². The van der Waals surface area contributed by atoms with E-state index < -0.39 is 0 Å². The van der Waals surface area contributed by atoms with Gasteiger partial charge >= 0.3 is 0 Å². The quantitative estimate of drug-likeness (QED) is 0.212. The summed E-state index contributed by atoms with van der Waals surface area (Å²) in [6.45, 7) is 0. The zero-order valence-corrected chi connectivity index (χ0v) is 25.7. The fourth-order valence-electron chi connectivity index (χ4n) is 6.89. The second-order valence-corrected chi connectivity index (χ2v) is 12.2. The summed E-state index contributed by atoms with van der Waals surface area (Å²) in [5.74, 6) is 1.87. The molecule has 0 radical (unpaired) electrons. The molecule has 7 aromatic rings. The van der Waals surface area contributed by atoms with E-state index in [1.54, 1.807) is 0 Å². The van der Waals surface area contributed by atoms with Gasteiger partial charge in [0, 0.05) is 33.6 Å². The van der Waals surface area contributed by atoms with E-state index in [0.717, 1.165) is 57.3 Å². The third-order valence-corrected chi connectivity index (χ3v) is 9.27. The van der Waals surface area contributed by atoms with Gasteiger partial charge in [0.2, 0.25) is 0 Å². The van der Waals surface area contributed by atoms with Gasteiger partial charge in [0.15, 0.2) is 12.1 Å². The van der Waals surface area contributed by atoms with Crippen LogP contribution in [0, 0.1) is 0 Å². The molecule has 2 atom stereocenters. The number of benzene rings is 6. The molecule has 0 fully saturated rings. The molecule has 47 heavy (non-hydrogen) atoms. The lowest BCUT2D eigenvalue weighted by molar-refractivity contribution is 0.260. The molecule has 4 nitrogen and oxygen atoms in total. The van der Waals surface area contributed by atoms with Gasteiger partial charge in [0.05, 0.1) is 17.1 Å². The first kappa shape index (κ1) is 27.3. The van der Waals surface area contributed by atoms with Crippen molar-refractivity contribution in [3.05, 3.63) is 174 Å². The Morgan fingerprint density at radius 2 is 1.23 bits per heavy atom. The Hall–Kier alpha value is -6.00. The number of fused-ring (bicyclic) bond motifs is 5. The fraction of sp³-hybridized carbons (Fsp3) is 0.0698. The van der Waals surface area contributed by atoms with Crippen molar-refractivity contribution in [2.75, 3.05) is 5.32 Å². The maximum atomic E-state index is 6.36. The van der Waals surface area contributed by atoms with Crippen LogP contribution in [0.2, 0.25) is 0 Å². The highest BCUT2D eigenvalue weighted by Gasteiger charge is 2.28. The molecule has 0 amide bonds. The Kier molecular flexibility index (Phi) is 6.64. The van der Waals surface area contributed by atoms with Gasteiger partial charge in [-0.2, -0.15) is 0 Å². The van der Waals surface area contributed by atoms with Crippen molar-refractivity contribution in [1.29, 1.82) is 0 Å². The highest BCUT2D eigenvalue weighted by molar-refractivity contribution is 6.04. The van der Waals surface area contributed by atoms with E-state index in [4.69, 9.17) is 14.7 Å². The fourth-order valence-corrected chi connectivity index (χ4v) is 6.89.